The van der Waals surface area contributed by atoms with Crippen molar-refractivity contribution >= 4 is 40.7 Å². The Hall–Kier alpha value is -2.09. The number of carbonyl (C=O) groups is 2. The number of anilines is 1. The van der Waals surface area contributed by atoms with Gasteiger partial charge in [0.15, 0.2) is 10.6 Å². The molecule has 1 atom stereocenters. The fourth-order valence-corrected chi connectivity index (χ4v) is 2.91. The summed E-state index contributed by atoms with van der Waals surface area (Å²) in [5.74, 6) is 0.0341. The zero-order valence-corrected chi connectivity index (χ0v) is 17.5. The van der Waals surface area contributed by atoms with Gasteiger partial charge in [0.2, 0.25) is 5.91 Å². The van der Waals surface area contributed by atoms with Crippen LogP contribution >= 0.6 is 23.2 Å². The highest BCUT2D eigenvalue weighted by molar-refractivity contribution is 6.54. The van der Waals surface area contributed by atoms with Gasteiger partial charge in [-0.25, -0.2) is 0 Å². The molecule has 2 rings (SSSR count). The molecule has 2 N–H and O–H groups in total. The Balaban J connectivity index is 2.32. The first kappa shape index (κ1) is 22.2. The zero-order chi connectivity index (χ0) is 20.7. The Labute approximate surface area is 174 Å². The second kappa shape index (κ2) is 10.5. The summed E-state index contributed by atoms with van der Waals surface area (Å²) in [6.45, 7) is 4.35. The first-order valence-electron chi connectivity index (χ1n) is 8.88. The lowest BCUT2D eigenvalue weighted by Gasteiger charge is -2.31. The number of amides is 2. The van der Waals surface area contributed by atoms with Crippen LogP contribution in [0.25, 0.3) is 11.3 Å². The van der Waals surface area contributed by atoms with Crippen LogP contribution in [0.1, 0.15) is 13.8 Å². The molecule has 9 heteroatoms. The molecular formula is C19H24Cl2N4O3. The van der Waals surface area contributed by atoms with Crippen LogP contribution in [0.4, 0.5) is 5.69 Å². The van der Waals surface area contributed by atoms with Gasteiger partial charge in [-0.15, -0.1) is 0 Å². The fraction of sp³-hybridized carbons (Fsp3) is 0.421. The number of alkyl halides is 2. The van der Waals surface area contributed by atoms with Crippen molar-refractivity contribution in [3.05, 3.63) is 36.5 Å². The maximum absolute atomic E-state index is 12.7. The van der Waals surface area contributed by atoms with E-state index < -0.39 is 10.7 Å². The molecule has 2 amide bonds. The Morgan fingerprint density at radius 1 is 1.25 bits per heavy atom. The number of aromatic nitrogens is 1. The average molecular weight is 427 g/mol. The molecule has 1 aromatic heterocycles. The maximum Gasteiger partial charge on any atom is 0.260 e. The molecule has 7 nitrogen and oxygen atoms in total. The Kier molecular flexibility index (Phi) is 8.29. The summed E-state index contributed by atoms with van der Waals surface area (Å²) < 4.78 is 5.19. The summed E-state index contributed by atoms with van der Waals surface area (Å²) in [5, 5.41) is 9.46. The first-order chi connectivity index (χ1) is 13.3. The smallest absolute Gasteiger partial charge is 0.260 e. The van der Waals surface area contributed by atoms with Gasteiger partial charge in [-0.05, 0) is 25.1 Å². The Morgan fingerprint density at radius 2 is 2.00 bits per heavy atom. The molecule has 1 aromatic carbocycles. The minimum atomic E-state index is -1.23. The molecule has 0 bridgehead atoms. The first-order valence-corrected chi connectivity index (χ1v) is 9.75. The predicted molar refractivity (Wildman–Crippen MR) is 110 cm³/mol. The normalized spacial score (nSPS) is 12.2. The van der Waals surface area contributed by atoms with Crippen molar-refractivity contribution in [2.45, 2.75) is 24.7 Å². The molecule has 0 aliphatic rings. The van der Waals surface area contributed by atoms with E-state index in [2.05, 4.69) is 15.8 Å². The van der Waals surface area contributed by atoms with Gasteiger partial charge in [0, 0.05) is 29.9 Å². The van der Waals surface area contributed by atoms with Crippen molar-refractivity contribution in [3.8, 4) is 11.3 Å². The number of benzene rings is 1. The summed E-state index contributed by atoms with van der Waals surface area (Å²) in [5.41, 5.74) is 1.35. The van der Waals surface area contributed by atoms with Crippen LogP contribution in [0.5, 0.6) is 0 Å². The van der Waals surface area contributed by atoms with E-state index in [9.17, 15) is 9.59 Å². The lowest BCUT2D eigenvalue weighted by atomic mass is 10.0. The summed E-state index contributed by atoms with van der Waals surface area (Å²) in [7, 11) is 1.69. The van der Waals surface area contributed by atoms with E-state index in [1.165, 1.54) is 4.90 Å². The van der Waals surface area contributed by atoms with E-state index in [-0.39, 0.29) is 31.0 Å². The summed E-state index contributed by atoms with van der Waals surface area (Å²) in [4.78, 5) is 25.0. The minimum Gasteiger partial charge on any atom is -0.356 e. The standard InChI is InChI=1S/C19H24Cl2N4O3/c1-12(2)15(24-17(26)10-22-3)11-25(19(27)18(20)21)14-6-4-5-13(9-14)16-7-8-23-28-16/h4-9,12,15,18,22H,10-11H2,1-3H3,(H,24,26)/t15-/m1/s1. The summed E-state index contributed by atoms with van der Waals surface area (Å²) >= 11 is 11.8. The van der Waals surface area contributed by atoms with Gasteiger partial charge in [0.25, 0.3) is 5.91 Å². The lowest BCUT2D eigenvalue weighted by Crippen LogP contribution is -2.51. The predicted octanol–water partition coefficient (Wildman–Crippen LogP) is 2.84. The van der Waals surface area contributed by atoms with Gasteiger partial charge >= 0.3 is 0 Å². The number of carbonyl (C=O) groups excluding carboxylic acids is 2. The van der Waals surface area contributed by atoms with Gasteiger partial charge in [0.05, 0.1) is 12.7 Å². The molecule has 0 spiro atoms. The molecule has 0 fully saturated rings. The topological polar surface area (TPSA) is 87.5 Å². The number of nitrogens with one attached hydrogen (secondary N) is 2. The van der Waals surface area contributed by atoms with E-state index >= 15 is 0 Å². The molecule has 0 aliphatic carbocycles. The number of halogens is 2. The molecule has 152 valence electrons. The quantitative estimate of drug-likeness (QED) is 0.601. The van der Waals surface area contributed by atoms with Crippen LogP contribution in [0.2, 0.25) is 0 Å². The molecule has 0 saturated heterocycles. The van der Waals surface area contributed by atoms with Crippen LogP contribution in [-0.4, -0.2) is 48.0 Å². The number of hydrogen-bond donors (Lipinski definition) is 2. The van der Waals surface area contributed by atoms with Crippen LogP contribution in [0.15, 0.2) is 41.1 Å². The van der Waals surface area contributed by atoms with E-state index in [0.29, 0.717) is 11.4 Å². The van der Waals surface area contributed by atoms with Crippen LogP contribution in [0, 0.1) is 5.92 Å². The lowest BCUT2D eigenvalue weighted by molar-refractivity contribution is -0.121. The molecule has 2 aromatic rings. The van der Waals surface area contributed by atoms with Gasteiger partial charge in [-0.2, -0.15) is 0 Å². The van der Waals surface area contributed by atoms with E-state index in [0.717, 1.165) is 5.56 Å². The maximum atomic E-state index is 12.7. The van der Waals surface area contributed by atoms with Crippen molar-refractivity contribution in [3.63, 3.8) is 0 Å². The molecule has 28 heavy (non-hydrogen) atoms. The highest BCUT2D eigenvalue weighted by Crippen LogP contribution is 2.26. The monoisotopic (exact) mass is 426 g/mol. The van der Waals surface area contributed by atoms with Crippen molar-refractivity contribution < 1.29 is 14.1 Å². The fourth-order valence-electron chi connectivity index (χ4n) is 2.67. The second-order valence-electron chi connectivity index (χ2n) is 6.62. The molecule has 0 aliphatic heterocycles. The van der Waals surface area contributed by atoms with E-state index in [1.54, 1.807) is 37.5 Å². The second-order valence-corrected chi connectivity index (χ2v) is 7.72. The zero-order valence-electron chi connectivity index (χ0n) is 16.0. The Morgan fingerprint density at radius 3 is 2.57 bits per heavy atom. The van der Waals surface area contributed by atoms with E-state index in [4.69, 9.17) is 27.7 Å². The molecule has 1 heterocycles. The third kappa shape index (κ3) is 5.95. The summed E-state index contributed by atoms with van der Waals surface area (Å²) in [6.07, 6.45) is 1.55. The SMILES string of the molecule is CNCC(=O)N[C@H](CN(C(=O)C(Cl)Cl)c1cccc(-c2ccno2)c1)C(C)C. The van der Waals surface area contributed by atoms with Gasteiger partial charge in [-0.1, -0.05) is 54.3 Å². The Bertz CT molecular complexity index is 781. The minimum absolute atomic E-state index is 0.0812. The van der Waals surface area contributed by atoms with E-state index in [1.807, 2.05) is 19.9 Å². The molecular weight excluding hydrogens is 403 g/mol. The number of hydrogen-bond acceptors (Lipinski definition) is 5. The number of rotatable bonds is 9. The van der Waals surface area contributed by atoms with Crippen LogP contribution in [0.3, 0.4) is 0 Å². The highest BCUT2D eigenvalue weighted by atomic mass is 35.5. The van der Waals surface area contributed by atoms with Crippen molar-refractivity contribution in [1.29, 1.82) is 0 Å². The number of nitrogens with zero attached hydrogens (tertiary/aromatic N) is 2. The largest absolute Gasteiger partial charge is 0.356 e. The third-order valence-electron chi connectivity index (χ3n) is 4.20. The number of likely N-dealkylation sites (N-methyl/N-ethyl adjacent to an activating group) is 1. The molecule has 0 unspecified atom stereocenters. The highest BCUT2D eigenvalue weighted by Gasteiger charge is 2.27. The van der Waals surface area contributed by atoms with Crippen molar-refractivity contribution in [2.24, 2.45) is 5.92 Å². The molecule has 0 radical (unpaired) electrons. The van der Waals surface area contributed by atoms with Gasteiger partial charge < -0.3 is 20.1 Å². The molecule has 0 saturated carbocycles. The average Bonchev–Trinajstić information content (AvgIpc) is 3.19. The van der Waals surface area contributed by atoms with Gasteiger partial charge in [-0.3, -0.25) is 9.59 Å². The van der Waals surface area contributed by atoms with Crippen molar-refractivity contribution in [1.82, 2.24) is 15.8 Å². The van der Waals surface area contributed by atoms with Crippen molar-refractivity contribution in [2.75, 3.05) is 25.0 Å². The summed E-state index contributed by atoms with van der Waals surface area (Å²) in [6, 6.07) is 8.66. The van der Waals surface area contributed by atoms with Crippen LogP contribution in [-0.2, 0) is 9.59 Å². The third-order valence-corrected chi connectivity index (χ3v) is 4.57. The van der Waals surface area contributed by atoms with Gasteiger partial charge in [0.1, 0.15) is 0 Å². The van der Waals surface area contributed by atoms with Crippen LogP contribution < -0.4 is 15.5 Å².